The number of nitrogens with zero attached hydrogens (tertiary/aromatic N) is 5. The van der Waals surface area contributed by atoms with E-state index in [1.165, 1.54) is 6.21 Å². The van der Waals surface area contributed by atoms with Gasteiger partial charge in [-0.3, -0.25) is 4.79 Å². The van der Waals surface area contributed by atoms with E-state index in [1.54, 1.807) is 28.8 Å². The molecule has 0 bridgehead atoms. The topological polar surface area (TPSA) is 133 Å². The summed E-state index contributed by atoms with van der Waals surface area (Å²) in [7, 11) is 0. The van der Waals surface area contributed by atoms with Crippen LogP contribution in [0.1, 0.15) is 11.1 Å². The first-order valence-corrected chi connectivity index (χ1v) is 11.8. The fourth-order valence-corrected chi connectivity index (χ4v) is 4.04. The van der Waals surface area contributed by atoms with Crippen LogP contribution >= 0.6 is 23.2 Å². The SMILES string of the molecule is Nc1nonc1-c1nc2ccccc2n1CC(=O)NN=Cc1ccc(OCc2ccc(Cl)cc2Cl)cc1. The highest BCUT2D eigenvalue weighted by Crippen LogP contribution is 2.26. The summed E-state index contributed by atoms with van der Waals surface area (Å²) < 4.78 is 12.2. The van der Waals surface area contributed by atoms with Crippen LogP contribution < -0.4 is 15.9 Å². The van der Waals surface area contributed by atoms with E-state index in [0.717, 1.165) is 16.6 Å². The minimum Gasteiger partial charge on any atom is -0.489 e. The Hall–Kier alpha value is -4.41. The number of fused-ring (bicyclic) bond motifs is 1. The van der Waals surface area contributed by atoms with E-state index in [1.807, 2.05) is 42.5 Å². The Labute approximate surface area is 220 Å². The number of halogens is 2. The van der Waals surface area contributed by atoms with E-state index < -0.39 is 0 Å². The average Bonchev–Trinajstić information content (AvgIpc) is 3.47. The van der Waals surface area contributed by atoms with E-state index in [0.29, 0.717) is 33.7 Å². The molecule has 12 heteroatoms. The van der Waals surface area contributed by atoms with Gasteiger partial charge in [-0.2, -0.15) is 5.10 Å². The molecular formula is C25H19Cl2N7O3. The molecule has 0 saturated carbocycles. The zero-order chi connectivity index (χ0) is 25.8. The van der Waals surface area contributed by atoms with Crippen LogP contribution in [0.15, 0.2) is 76.5 Å². The number of anilines is 1. The summed E-state index contributed by atoms with van der Waals surface area (Å²) in [5, 5.41) is 12.6. The number of hydrazone groups is 1. The maximum Gasteiger partial charge on any atom is 0.260 e. The van der Waals surface area contributed by atoms with Crippen molar-refractivity contribution in [2.24, 2.45) is 5.10 Å². The number of aromatic nitrogens is 4. The van der Waals surface area contributed by atoms with Gasteiger partial charge in [-0.05, 0) is 64.4 Å². The largest absolute Gasteiger partial charge is 0.489 e. The van der Waals surface area contributed by atoms with E-state index in [-0.39, 0.29) is 24.0 Å². The van der Waals surface area contributed by atoms with Crippen LogP contribution in [0, 0.1) is 0 Å². The summed E-state index contributed by atoms with van der Waals surface area (Å²) in [5.74, 6) is 0.747. The van der Waals surface area contributed by atoms with Crippen molar-refractivity contribution in [2.75, 3.05) is 5.73 Å². The molecule has 0 aliphatic carbocycles. The van der Waals surface area contributed by atoms with Gasteiger partial charge in [-0.25, -0.2) is 15.0 Å². The lowest BCUT2D eigenvalue weighted by Crippen LogP contribution is -2.23. The van der Waals surface area contributed by atoms with E-state index in [9.17, 15) is 4.79 Å². The minimum atomic E-state index is -0.365. The molecule has 2 aromatic heterocycles. The molecule has 186 valence electrons. The Kier molecular flexibility index (Phi) is 7.02. The van der Waals surface area contributed by atoms with E-state index in [4.69, 9.17) is 38.3 Å². The third-order valence-electron chi connectivity index (χ3n) is 5.37. The van der Waals surface area contributed by atoms with Crippen LogP contribution in [0.5, 0.6) is 5.75 Å². The predicted octanol–water partition coefficient (Wildman–Crippen LogP) is 4.70. The Morgan fingerprint density at radius 2 is 1.92 bits per heavy atom. The van der Waals surface area contributed by atoms with E-state index in [2.05, 4.69) is 25.8 Å². The average molecular weight is 536 g/mol. The summed E-state index contributed by atoms with van der Waals surface area (Å²) in [6, 6.07) is 19.9. The number of benzene rings is 3. The third kappa shape index (κ3) is 5.55. The number of nitrogens with one attached hydrogen (secondary N) is 1. The third-order valence-corrected chi connectivity index (χ3v) is 5.96. The number of imidazole rings is 1. The molecule has 0 radical (unpaired) electrons. The zero-order valence-corrected chi connectivity index (χ0v) is 20.6. The maximum absolute atomic E-state index is 12.7. The van der Waals surface area contributed by atoms with Gasteiger partial charge in [-0.15, -0.1) is 0 Å². The number of hydrogen-bond acceptors (Lipinski definition) is 8. The smallest absolute Gasteiger partial charge is 0.260 e. The molecule has 3 N–H and O–H groups in total. The van der Waals surface area contributed by atoms with Gasteiger partial charge in [-0.1, -0.05) is 41.4 Å². The molecule has 0 spiro atoms. The van der Waals surface area contributed by atoms with Gasteiger partial charge in [0, 0.05) is 15.6 Å². The van der Waals surface area contributed by atoms with Crippen molar-refractivity contribution in [1.29, 1.82) is 0 Å². The number of rotatable bonds is 8. The molecular weight excluding hydrogens is 517 g/mol. The molecule has 0 fully saturated rings. The summed E-state index contributed by atoms with van der Waals surface area (Å²) in [6.07, 6.45) is 1.53. The molecule has 0 aliphatic rings. The molecule has 5 aromatic rings. The normalized spacial score (nSPS) is 11.3. The number of carbonyl (C=O) groups is 1. The standard InChI is InChI=1S/C25H19Cl2N7O3/c26-17-8-7-16(19(27)11-17)14-36-18-9-5-15(6-10-18)12-29-31-22(35)13-34-21-4-2-1-3-20(21)30-25(34)23-24(28)33-37-32-23/h1-12H,13-14H2,(H2,28,33)(H,31,35). The first-order chi connectivity index (χ1) is 18.0. The van der Waals surface area contributed by atoms with E-state index >= 15 is 0 Å². The molecule has 10 nitrogen and oxygen atoms in total. The van der Waals surface area contributed by atoms with Crippen LogP contribution in [-0.4, -0.2) is 32.0 Å². The Bertz CT molecular complexity index is 1600. The molecule has 0 saturated heterocycles. The van der Waals surface area contributed by atoms with Crippen LogP contribution in [0.4, 0.5) is 5.82 Å². The second-order valence-corrected chi connectivity index (χ2v) is 8.74. The fourth-order valence-electron chi connectivity index (χ4n) is 3.57. The van der Waals surface area contributed by atoms with Crippen molar-refractivity contribution in [3.63, 3.8) is 0 Å². The minimum absolute atomic E-state index is 0.0699. The van der Waals surface area contributed by atoms with Crippen LogP contribution in [-0.2, 0) is 17.9 Å². The second-order valence-electron chi connectivity index (χ2n) is 7.89. The zero-order valence-electron chi connectivity index (χ0n) is 19.1. The van der Waals surface area contributed by atoms with Crippen molar-refractivity contribution >= 4 is 52.2 Å². The molecule has 37 heavy (non-hydrogen) atoms. The highest BCUT2D eigenvalue weighted by atomic mass is 35.5. The Morgan fingerprint density at radius 3 is 2.68 bits per heavy atom. The lowest BCUT2D eigenvalue weighted by atomic mass is 10.2. The number of amides is 1. The van der Waals surface area contributed by atoms with Crippen molar-refractivity contribution < 1.29 is 14.2 Å². The van der Waals surface area contributed by atoms with Crippen LogP contribution in [0.25, 0.3) is 22.6 Å². The molecule has 0 unspecified atom stereocenters. The first kappa shape index (κ1) is 24.3. The van der Waals surface area contributed by atoms with Crippen molar-refractivity contribution in [3.05, 3.63) is 87.9 Å². The summed E-state index contributed by atoms with van der Waals surface area (Å²) >= 11 is 12.1. The highest BCUT2D eigenvalue weighted by Gasteiger charge is 2.20. The van der Waals surface area contributed by atoms with Gasteiger partial charge in [0.15, 0.2) is 17.3 Å². The number of ether oxygens (including phenoxy) is 1. The Morgan fingerprint density at radius 1 is 1.11 bits per heavy atom. The summed E-state index contributed by atoms with van der Waals surface area (Å²) in [6.45, 7) is 0.236. The van der Waals surface area contributed by atoms with Gasteiger partial charge >= 0.3 is 0 Å². The van der Waals surface area contributed by atoms with Gasteiger partial charge in [0.1, 0.15) is 18.9 Å². The maximum atomic E-state index is 12.7. The number of nitrogen functional groups attached to an aromatic ring is 1. The number of hydrogen-bond donors (Lipinski definition) is 2. The molecule has 2 heterocycles. The number of carbonyl (C=O) groups excluding carboxylic acids is 1. The quantitative estimate of drug-likeness (QED) is 0.217. The highest BCUT2D eigenvalue weighted by molar-refractivity contribution is 6.35. The predicted molar refractivity (Wildman–Crippen MR) is 140 cm³/mol. The molecule has 0 aliphatic heterocycles. The van der Waals surface area contributed by atoms with Gasteiger partial charge in [0.25, 0.3) is 5.91 Å². The lowest BCUT2D eigenvalue weighted by Gasteiger charge is -2.08. The molecule has 5 rings (SSSR count). The van der Waals surface area contributed by atoms with Crippen molar-refractivity contribution in [3.8, 4) is 17.3 Å². The van der Waals surface area contributed by atoms with Crippen molar-refractivity contribution in [1.82, 2.24) is 25.3 Å². The van der Waals surface area contributed by atoms with Crippen molar-refractivity contribution in [2.45, 2.75) is 13.2 Å². The fraction of sp³-hybridized carbons (Fsp3) is 0.0800. The van der Waals surface area contributed by atoms with Crippen LogP contribution in [0.3, 0.4) is 0 Å². The number of para-hydroxylation sites is 2. The molecule has 1 amide bonds. The lowest BCUT2D eigenvalue weighted by molar-refractivity contribution is -0.121. The monoisotopic (exact) mass is 535 g/mol. The number of nitrogens with two attached hydrogens (primary N) is 1. The second kappa shape index (κ2) is 10.7. The summed E-state index contributed by atoms with van der Waals surface area (Å²) in [5.41, 5.74) is 11.6. The first-order valence-electron chi connectivity index (χ1n) is 11.0. The summed E-state index contributed by atoms with van der Waals surface area (Å²) in [4.78, 5) is 17.2. The molecule has 3 aromatic carbocycles. The van der Waals surface area contributed by atoms with Gasteiger partial charge in [0.2, 0.25) is 0 Å². The van der Waals surface area contributed by atoms with Crippen LogP contribution in [0.2, 0.25) is 10.0 Å². The van der Waals surface area contributed by atoms with Gasteiger partial charge < -0.3 is 15.0 Å². The molecule has 0 atom stereocenters. The van der Waals surface area contributed by atoms with Gasteiger partial charge in [0.05, 0.1) is 17.2 Å². The Balaban J connectivity index is 1.21.